The molecule has 1 aliphatic heterocycles. The molecule has 3 heteroatoms. The summed E-state index contributed by atoms with van der Waals surface area (Å²) in [6.07, 6.45) is 3.91. The molecule has 0 aromatic rings. The molecule has 0 saturated carbocycles. The average molecular weight is 192 g/mol. The van der Waals surface area contributed by atoms with Crippen molar-refractivity contribution >= 4 is 11.6 Å². The summed E-state index contributed by atoms with van der Waals surface area (Å²) in [5, 5.41) is 3.42. The predicted octanol–water partition coefficient (Wildman–Crippen LogP) is 1.77. The van der Waals surface area contributed by atoms with Gasteiger partial charge in [-0.25, -0.2) is 0 Å². The van der Waals surface area contributed by atoms with Crippen molar-refractivity contribution in [1.29, 1.82) is 0 Å². The summed E-state index contributed by atoms with van der Waals surface area (Å²) in [5.74, 6) is 0.736. The van der Waals surface area contributed by atoms with Gasteiger partial charge in [0.05, 0.1) is 6.10 Å². The molecule has 72 valence electrons. The summed E-state index contributed by atoms with van der Waals surface area (Å²) in [6, 6.07) is 0.520. The van der Waals surface area contributed by atoms with E-state index in [1.165, 1.54) is 12.8 Å². The second-order valence-corrected chi connectivity index (χ2v) is 3.80. The van der Waals surface area contributed by atoms with Crippen LogP contribution in [0.2, 0.25) is 0 Å². The van der Waals surface area contributed by atoms with Crippen molar-refractivity contribution in [3.8, 4) is 0 Å². The van der Waals surface area contributed by atoms with Crippen LogP contribution in [0.4, 0.5) is 0 Å². The van der Waals surface area contributed by atoms with Gasteiger partial charge in [-0.3, -0.25) is 0 Å². The van der Waals surface area contributed by atoms with Crippen molar-refractivity contribution in [2.45, 2.75) is 38.3 Å². The standard InChI is InChI=1S/C9H18ClNO/c1-8(4-5-10)11-7-9-3-2-6-12-9/h8-9,11H,2-7H2,1H3. The van der Waals surface area contributed by atoms with Crippen LogP contribution in [0, 0.1) is 0 Å². The third-order valence-corrected chi connectivity index (χ3v) is 2.48. The molecule has 0 aliphatic carbocycles. The molecule has 1 heterocycles. The summed E-state index contributed by atoms with van der Waals surface area (Å²) in [4.78, 5) is 0. The fraction of sp³-hybridized carbons (Fsp3) is 1.00. The van der Waals surface area contributed by atoms with Gasteiger partial charge in [-0.1, -0.05) is 0 Å². The van der Waals surface area contributed by atoms with Gasteiger partial charge < -0.3 is 10.1 Å². The Morgan fingerprint density at radius 1 is 1.67 bits per heavy atom. The second kappa shape index (κ2) is 5.79. The third-order valence-electron chi connectivity index (χ3n) is 2.26. The average Bonchev–Trinajstić information content (AvgIpc) is 2.53. The Balaban J connectivity index is 1.99. The number of nitrogens with one attached hydrogen (secondary N) is 1. The SMILES string of the molecule is CC(CCCl)NCC1CCCO1. The summed E-state index contributed by atoms with van der Waals surface area (Å²) in [7, 11) is 0. The molecule has 0 radical (unpaired) electrons. The van der Waals surface area contributed by atoms with Crippen molar-refractivity contribution in [2.75, 3.05) is 19.0 Å². The van der Waals surface area contributed by atoms with E-state index in [1.54, 1.807) is 0 Å². The first-order valence-electron chi connectivity index (χ1n) is 4.74. The van der Waals surface area contributed by atoms with E-state index >= 15 is 0 Å². The highest BCUT2D eigenvalue weighted by atomic mass is 35.5. The van der Waals surface area contributed by atoms with Gasteiger partial charge in [-0.2, -0.15) is 0 Å². The topological polar surface area (TPSA) is 21.3 Å². The highest BCUT2D eigenvalue weighted by Gasteiger charge is 2.15. The molecule has 1 fully saturated rings. The van der Waals surface area contributed by atoms with E-state index in [4.69, 9.17) is 16.3 Å². The highest BCUT2D eigenvalue weighted by Crippen LogP contribution is 2.10. The zero-order valence-corrected chi connectivity index (χ0v) is 8.44. The lowest BCUT2D eigenvalue weighted by atomic mass is 10.2. The number of rotatable bonds is 5. The number of halogens is 1. The molecular formula is C9H18ClNO. The number of hydrogen-bond acceptors (Lipinski definition) is 2. The molecule has 0 amide bonds. The zero-order chi connectivity index (χ0) is 8.81. The second-order valence-electron chi connectivity index (χ2n) is 3.42. The molecule has 2 atom stereocenters. The lowest BCUT2D eigenvalue weighted by molar-refractivity contribution is 0.108. The maximum Gasteiger partial charge on any atom is 0.0700 e. The van der Waals surface area contributed by atoms with Crippen LogP contribution < -0.4 is 5.32 Å². The van der Waals surface area contributed by atoms with Gasteiger partial charge in [0.15, 0.2) is 0 Å². The summed E-state index contributed by atoms with van der Waals surface area (Å²) in [6.45, 7) is 4.09. The monoisotopic (exact) mass is 191 g/mol. The van der Waals surface area contributed by atoms with E-state index in [2.05, 4.69) is 12.2 Å². The van der Waals surface area contributed by atoms with Crippen LogP contribution in [0.25, 0.3) is 0 Å². The van der Waals surface area contributed by atoms with Crippen LogP contribution in [-0.2, 0) is 4.74 Å². The quantitative estimate of drug-likeness (QED) is 0.669. The van der Waals surface area contributed by atoms with Crippen LogP contribution in [0.15, 0.2) is 0 Å². The predicted molar refractivity (Wildman–Crippen MR) is 51.8 cm³/mol. The van der Waals surface area contributed by atoms with E-state index < -0.39 is 0 Å². The van der Waals surface area contributed by atoms with E-state index in [-0.39, 0.29) is 0 Å². The van der Waals surface area contributed by atoms with E-state index in [1.807, 2.05) is 0 Å². The lowest BCUT2D eigenvalue weighted by Crippen LogP contribution is -2.33. The Hall–Kier alpha value is 0.210. The van der Waals surface area contributed by atoms with Gasteiger partial charge in [0.1, 0.15) is 0 Å². The van der Waals surface area contributed by atoms with Gasteiger partial charge >= 0.3 is 0 Å². The molecule has 1 saturated heterocycles. The van der Waals surface area contributed by atoms with Gasteiger partial charge in [0, 0.05) is 25.1 Å². The van der Waals surface area contributed by atoms with Crippen molar-refractivity contribution in [3.63, 3.8) is 0 Å². The maximum atomic E-state index is 5.62. The molecule has 2 unspecified atom stereocenters. The molecule has 1 rings (SSSR count). The molecule has 12 heavy (non-hydrogen) atoms. The highest BCUT2D eigenvalue weighted by molar-refractivity contribution is 6.17. The molecule has 0 spiro atoms. The Kier molecular flexibility index (Phi) is 4.96. The first-order valence-corrected chi connectivity index (χ1v) is 5.27. The van der Waals surface area contributed by atoms with Gasteiger partial charge in [-0.05, 0) is 26.2 Å². The maximum absolute atomic E-state index is 5.62. The van der Waals surface area contributed by atoms with Crippen LogP contribution >= 0.6 is 11.6 Å². The van der Waals surface area contributed by atoms with Gasteiger partial charge in [0.2, 0.25) is 0 Å². The van der Waals surface area contributed by atoms with Crippen molar-refractivity contribution in [3.05, 3.63) is 0 Å². The first kappa shape index (κ1) is 10.3. The van der Waals surface area contributed by atoms with E-state index in [9.17, 15) is 0 Å². The molecule has 0 aromatic carbocycles. The van der Waals surface area contributed by atoms with Crippen LogP contribution in [0.5, 0.6) is 0 Å². The Labute approximate surface area is 79.6 Å². The largest absolute Gasteiger partial charge is 0.377 e. The van der Waals surface area contributed by atoms with Gasteiger partial charge in [0.25, 0.3) is 0 Å². The molecule has 0 aromatic heterocycles. The smallest absolute Gasteiger partial charge is 0.0700 e. The minimum absolute atomic E-state index is 0.447. The Morgan fingerprint density at radius 2 is 2.50 bits per heavy atom. The zero-order valence-electron chi connectivity index (χ0n) is 7.68. The summed E-state index contributed by atoms with van der Waals surface area (Å²) < 4.78 is 5.49. The fourth-order valence-electron chi connectivity index (χ4n) is 1.40. The van der Waals surface area contributed by atoms with Crippen molar-refractivity contribution in [1.82, 2.24) is 5.32 Å². The van der Waals surface area contributed by atoms with E-state index in [0.29, 0.717) is 12.1 Å². The van der Waals surface area contributed by atoms with Crippen LogP contribution in [0.1, 0.15) is 26.2 Å². The minimum atomic E-state index is 0.447. The molecular weight excluding hydrogens is 174 g/mol. The summed E-state index contributed by atoms with van der Waals surface area (Å²) in [5.41, 5.74) is 0. The normalized spacial score (nSPS) is 26.0. The molecule has 1 aliphatic rings. The number of alkyl halides is 1. The minimum Gasteiger partial charge on any atom is -0.377 e. The fourth-order valence-corrected chi connectivity index (χ4v) is 1.73. The van der Waals surface area contributed by atoms with E-state index in [0.717, 1.165) is 25.5 Å². The summed E-state index contributed by atoms with van der Waals surface area (Å²) >= 11 is 5.62. The molecule has 1 N–H and O–H groups in total. The molecule has 0 bridgehead atoms. The Morgan fingerprint density at radius 3 is 3.08 bits per heavy atom. The number of ether oxygens (including phenoxy) is 1. The van der Waals surface area contributed by atoms with Gasteiger partial charge in [-0.15, -0.1) is 11.6 Å². The third kappa shape index (κ3) is 3.74. The number of hydrogen-bond donors (Lipinski definition) is 1. The molecule has 2 nitrogen and oxygen atoms in total. The van der Waals surface area contributed by atoms with Crippen LogP contribution in [-0.4, -0.2) is 31.2 Å². The first-order chi connectivity index (χ1) is 5.83. The Bertz CT molecular complexity index is 115. The van der Waals surface area contributed by atoms with Crippen LogP contribution in [0.3, 0.4) is 0 Å². The van der Waals surface area contributed by atoms with Crippen molar-refractivity contribution < 1.29 is 4.74 Å². The lowest BCUT2D eigenvalue weighted by Gasteiger charge is -2.15. The van der Waals surface area contributed by atoms with Crippen molar-refractivity contribution in [2.24, 2.45) is 0 Å².